The van der Waals surface area contributed by atoms with Crippen LogP contribution in [-0.4, -0.2) is 48.1 Å². The van der Waals surface area contributed by atoms with Gasteiger partial charge < -0.3 is 24.8 Å². The molecule has 190 valence electrons. The van der Waals surface area contributed by atoms with E-state index in [1.54, 1.807) is 30.3 Å². The SMILES string of the molecule is COC(=O)[C@@H](NC(=O)Cc1ccc(Cl)cc1Nc1ncnc2cc(OC)c(OC(C)=O)cc12)C(C)C. The van der Waals surface area contributed by atoms with Crippen LogP contribution in [0.2, 0.25) is 5.02 Å². The largest absolute Gasteiger partial charge is 0.493 e. The zero-order valence-corrected chi connectivity index (χ0v) is 21.3. The maximum atomic E-state index is 12.8. The average molecular weight is 515 g/mol. The summed E-state index contributed by atoms with van der Waals surface area (Å²) in [5, 5.41) is 6.92. The van der Waals surface area contributed by atoms with Crippen molar-refractivity contribution in [3.63, 3.8) is 0 Å². The van der Waals surface area contributed by atoms with Gasteiger partial charge in [0.25, 0.3) is 0 Å². The first-order valence-corrected chi connectivity index (χ1v) is 11.4. The standard InChI is InChI=1S/C25H27ClN4O6/c1-13(2)23(25(33)35-5)30-22(32)8-15-6-7-16(26)9-18(15)29-24-17-10-21(36-14(3)31)20(34-4)11-19(17)27-12-28-24/h6-7,9-13,23H,8H2,1-5H3,(H,30,32)(H,27,28,29)/t23-/m0/s1. The molecule has 3 rings (SSSR count). The fraction of sp³-hybridized carbons (Fsp3) is 0.320. The van der Waals surface area contributed by atoms with Crippen molar-refractivity contribution in [1.82, 2.24) is 15.3 Å². The van der Waals surface area contributed by atoms with Gasteiger partial charge in [0.2, 0.25) is 5.91 Å². The Labute approximate surface area is 213 Å². The van der Waals surface area contributed by atoms with Gasteiger partial charge in [0, 0.05) is 29.1 Å². The second kappa shape index (κ2) is 11.7. The number of carbonyl (C=O) groups is 3. The molecule has 3 aromatic rings. The molecule has 0 aliphatic rings. The van der Waals surface area contributed by atoms with Crippen LogP contribution in [0.25, 0.3) is 10.9 Å². The van der Waals surface area contributed by atoms with Gasteiger partial charge in [0.1, 0.15) is 18.2 Å². The van der Waals surface area contributed by atoms with E-state index in [4.69, 9.17) is 25.8 Å². The van der Waals surface area contributed by atoms with Crippen LogP contribution in [0.1, 0.15) is 26.3 Å². The van der Waals surface area contributed by atoms with E-state index in [0.717, 1.165) is 0 Å². The number of nitrogens with zero attached hydrogens (tertiary/aromatic N) is 2. The van der Waals surface area contributed by atoms with Crippen molar-refractivity contribution in [3.8, 4) is 11.5 Å². The number of hydrogen-bond acceptors (Lipinski definition) is 9. The third-order valence-electron chi connectivity index (χ3n) is 5.29. The van der Waals surface area contributed by atoms with Crippen molar-refractivity contribution in [2.45, 2.75) is 33.2 Å². The van der Waals surface area contributed by atoms with Crippen LogP contribution in [0.4, 0.5) is 11.5 Å². The molecular formula is C25H27ClN4O6. The Balaban J connectivity index is 1.95. The van der Waals surface area contributed by atoms with Gasteiger partial charge in [-0.1, -0.05) is 31.5 Å². The lowest BCUT2D eigenvalue weighted by Gasteiger charge is -2.20. The number of nitrogens with one attached hydrogen (secondary N) is 2. The summed E-state index contributed by atoms with van der Waals surface area (Å²) >= 11 is 6.24. The number of methoxy groups -OCH3 is 2. The average Bonchev–Trinajstić information content (AvgIpc) is 2.83. The van der Waals surface area contributed by atoms with Gasteiger partial charge in [0.05, 0.1) is 26.2 Å². The van der Waals surface area contributed by atoms with E-state index in [1.807, 2.05) is 13.8 Å². The molecule has 0 unspecified atom stereocenters. The Morgan fingerprint density at radius 2 is 1.81 bits per heavy atom. The second-order valence-corrected chi connectivity index (χ2v) is 8.69. The van der Waals surface area contributed by atoms with Crippen LogP contribution in [0.15, 0.2) is 36.7 Å². The van der Waals surface area contributed by atoms with Gasteiger partial charge in [-0.05, 0) is 29.7 Å². The van der Waals surface area contributed by atoms with Crippen LogP contribution in [0.3, 0.4) is 0 Å². The third kappa shape index (κ3) is 6.39. The summed E-state index contributed by atoms with van der Waals surface area (Å²) in [6.45, 7) is 4.92. The minimum absolute atomic E-state index is 0.0325. The first kappa shape index (κ1) is 26.7. The molecule has 0 aliphatic heterocycles. The molecule has 0 bridgehead atoms. The highest BCUT2D eigenvalue weighted by Gasteiger charge is 2.25. The maximum Gasteiger partial charge on any atom is 0.328 e. The molecule has 1 aromatic heterocycles. The monoisotopic (exact) mass is 514 g/mol. The van der Waals surface area contributed by atoms with Crippen molar-refractivity contribution >= 4 is 51.9 Å². The summed E-state index contributed by atoms with van der Waals surface area (Å²) in [4.78, 5) is 45.0. The smallest absolute Gasteiger partial charge is 0.328 e. The van der Waals surface area contributed by atoms with Gasteiger partial charge in [-0.2, -0.15) is 0 Å². The summed E-state index contributed by atoms with van der Waals surface area (Å²) in [7, 11) is 2.74. The highest BCUT2D eigenvalue weighted by Crippen LogP contribution is 2.35. The fourth-order valence-electron chi connectivity index (χ4n) is 3.53. The number of carbonyl (C=O) groups excluding carboxylic acids is 3. The minimum Gasteiger partial charge on any atom is -0.493 e. The Morgan fingerprint density at radius 1 is 1.06 bits per heavy atom. The number of rotatable bonds is 9. The minimum atomic E-state index is -0.772. The molecule has 2 aromatic carbocycles. The number of ether oxygens (including phenoxy) is 3. The van der Waals surface area contributed by atoms with E-state index in [1.165, 1.54) is 27.5 Å². The van der Waals surface area contributed by atoms with Gasteiger partial charge in [0.15, 0.2) is 11.5 Å². The zero-order chi connectivity index (χ0) is 26.4. The van der Waals surface area contributed by atoms with Gasteiger partial charge in [-0.25, -0.2) is 14.8 Å². The van der Waals surface area contributed by atoms with Crippen LogP contribution in [-0.2, 0) is 25.5 Å². The Morgan fingerprint density at radius 3 is 2.44 bits per heavy atom. The second-order valence-electron chi connectivity index (χ2n) is 8.25. The topological polar surface area (TPSA) is 129 Å². The number of anilines is 2. The molecule has 0 radical (unpaired) electrons. The van der Waals surface area contributed by atoms with Crippen LogP contribution < -0.4 is 20.1 Å². The molecular weight excluding hydrogens is 488 g/mol. The molecule has 11 heteroatoms. The summed E-state index contributed by atoms with van der Waals surface area (Å²) in [5.74, 6) is -0.585. The highest BCUT2D eigenvalue weighted by atomic mass is 35.5. The summed E-state index contributed by atoms with van der Waals surface area (Å²) in [5.41, 5.74) is 1.69. The summed E-state index contributed by atoms with van der Waals surface area (Å²) in [6.07, 6.45) is 1.34. The third-order valence-corrected chi connectivity index (χ3v) is 5.52. The molecule has 0 spiro atoms. The predicted molar refractivity (Wildman–Crippen MR) is 135 cm³/mol. The Kier molecular flexibility index (Phi) is 8.65. The summed E-state index contributed by atoms with van der Waals surface area (Å²) in [6, 6.07) is 7.49. The number of aromatic nitrogens is 2. The van der Waals surface area contributed by atoms with E-state index in [9.17, 15) is 14.4 Å². The van der Waals surface area contributed by atoms with E-state index < -0.39 is 18.0 Å². The number of esters is 2. The van der Waals surface area contributed by atoms with Crippen molar-refractivity contribution < 1.29 is 28.6 Å². The number of amides is 1. The molecule has 1 amide bonds. The number of halogens is 1. The number of fused-ring (bicyclic) bond motifs is 1. The first-order chi connectivity index (χ1) is 17.1. The lowest BCUT2D eigenvalue weighted by atomic mass is 10.0. The molecule has 10 nitrogen and oxygen atoms in total. The van der Waals surface area contributed by atoms with E-state index in [-0.39, 0.29) is 24.0 Å². The number of benzene rings is 2. The normalized spacial score (nSPS) is 11.6. The molecule has 0 saturated carbocycles. The molecule has 0 fully saturated rings. The van der Waals surface area contributed by atoms with Crippen molar-refractivity contribution in [2.24, 2.45) is 5.92 Å². The maximum absolute atomic E-state index is 12.8. The van der Waals surface area contributed by atoms with Crippen LogP contribution in [0, 0.1) is 5.92 Å². The molecule has 1 heterocycles. The lowest BCUT2D eigenvalue weighted by Crippen LogP contribution is -2.45. The first-order valence-electron chi connectivity index (χ1n) is 11.1. The van der Waals surface area contributed by atoms with Gasteiger partial charge in [-0.15, -0.1) is 0 Å². The number of hydrogen-bond donors (Lipinski definition) is 2. The van der Waals surface area contributed by atoms with E-state index >= 15 is 0 Å². The quantitative estimate of drug-likeness (QED) is 0.323. The molecule has 0 saturated heterocycles. The molecule has 1 atom stereocenters. The lowest BCUT2D eigenvalue weighted by molar-refractivity contribution is -0.146. The van der Waals surface area contributed by atoms with Crippen molar-refractivity contribution in [1.29, 1.82) is 0 Å². The predicted octanol–water partition coefficient (Wildman–Crippen LogP) is 3.82. The van der Waals surface area contributed by atoms with E-state index in [0.29, 0.717) is 38.7 Å². The highest BCUT2D eigenvalue weighted by molar-refractivity contribution is 6.31. The molecule has 2 N–H and O–H groups in total. The van der Waals surface area contributed by atoms with Gasteiger partial charge in [-0.3, -0.25) is 9.59 Å². The molecule has 0 aliphatic carbocycles. The van der Waals surface area contributed by atoms with E-state index in [2.05, 4.69) is 20.6 Å². The Hall–Kier alpha value is -3.92. The van der Waals surface area contributed by atoms with Crippen LogP contribution in [0.5, 0.6) is 11.5 Å². The van der Waals surface area contributed by atoms with Gasteiger partial charge >= 0.3 is 11.9 Å². The Bertz CT molecular complexity index is 1300. The summed E-state index contributed by atoms with van der Waals surface area (Å²) < 4.78 is 15.4. The fourth-order valence-corrected chi connectivity index (χ4v) is 3.70. The zero-order valence-electron chi connectivity index (χ0n) is 20.5. The van der Waals surface area contributed by atoms with Crippen LogP contribution >= 0.6 is 11.6 Å². The van der Waals surface area contributed by atoms with Crippen molar-refractivity contribution in [2.75, 3.05) is 19.5 Å². The van der Waals surface area contributed by atoms with Crippen molar-refractivity contribution in [3.05, 3.63) is 47.2 Å². The molecule has 36 heavy (non-hydrogen) atoms.